The Hall–Kier alpha value is -2.19. The number of benzene rings is 1. The molecule has 0 radical (unpaired) electrons. The largest absolute Gasteiger partial charge is 0.331 e. The summed E-state index contributed by atoms with van der Waals surface area (Å²) in [4.78, 5) is 23.4. The van der Waals surface area contributed by atoms with E-state index in [2.05, 4.69) is 20.3 Å². The molecule has 0 bridgehead atoms. The van der Waals surface area contributed by atoms with Gasteiger partial charge in [0.1, 0.15) is 17.3 Å². The van der Waals surface area contributed by atoms with E-state index < -0.39 is 28.5 Å². The number of thioether (sulfide) groups is 1. The van der Waals surface area contributed by atoms with E-state index in [-0.39, 0.29) is 0 Å². The predicted molar refractivity (Wildman–Crippen MR) is 89.2 cm³/mol. The minimum atomic E-state index is -0.830. The number of halogens is 3. The molecule has 0 aliphatic heterocycles. The highest BCUT2D eigenvalue weighted by Crippen LogP contribution is 2.25. The lowest BCUT2D eigenvalue weighted by molar-refractivity contribution is -0.115. The van der Waals surface area contributed by atoms with E-state index in [1.54, 1.807) is 13.0 Å². The number of aromatic nitrogens is 3. The normalized spacial score (nSPS) is 12.3. The maximum absolute atomic E-state index is 13.6. The number of para-hydroxylation sites is 1. The van der Waals surface area contributed by atoms with Crippen LogP contribution < -0.4 is 5.32 Å². The monoisotopic (exact) mass is 368 g/mol. The lowest BCUT2D eigenvalue weighted by Crippen LogP contribution is -2.23. The molecule has 3 rings (SSSR count). The Bertz CT molecular complexity index is 897. The second-order valence-electron chi connectivity index (χ2n) is 4.91. The van der Waals surface area contributed by atoms with Crippen molar-refractivity contribution in [2.45, 2.75) is 17.3 Å². The first kappa shape index (κ1) is 16.7. The number of imidazole rings is 1. The Kier molecular flexibility index (Phi) is 4.68. The number of carbonyl (C=O) groups excluding carboxylic acids is 1. The Morgan fingerprint density at radius 1 is 1.38 bits per heavy atom. The third-order valence-corrected chi connectivity index (χ3v) is 4.34. The number of pyridine rings is 1. The average molecular weight is 369 g/mol. The maximum Gasteiger partial charge on any atom is 0.237 e. The molecule has 3 aromatic rings. The number of rotatable bonds is 4. The minimum absolute atomic E-state index is 0.455. The number of anilines is 1. The van der Waals surface area contributed by atoms with E-state index in [9.17, 15) is 13.6 Å². The van der Waals surface area contributed by atoms with Crippen molar-refractivity contribution in [3.05, 3.63) is 47.1 Å². The van der Waals surface area contributed by atoms with E-state index in [1.165, 1.54) is 12.3 Å². The standard InChI is InChI=1S/C15H11ClF2N4OS/c1-7(14(23)21-12-9(17)3-2-4-10(12)18)24-15-20-11-5-8(16)6-19-13(11)22-15/h2-7H,1H3,(H,21,23)(H,19,20,22)/t7-/m0/s1. The number of aromatic amines is 1. The van der Waals surface area contributed by atoms with E-state index >= 15 is 0 Å². The van der Waals surface area contributed by atoms with Crippen molar-refractivity contribution >= 4 is 46.1 Å². The van der Waals surface area contributed by atoms with Gasteiger partial charge >= 0.3 is 0 Å². The van der Waals surface area contributed by atoms with Crippen LogP contribution in [-0.2, 0) is 4.79 Å². The summed E-state index contributed by atoms with van der Waals surface area (Å²) in [5.74, 6) is -2.21. The topological polar surface area (TPSA) is 70.7 Å². The molecule has 1 aromatic carbocycles. The number of carbonyl (C=O) groups is 1. The third kappa shape index (κ3) is 3.49. The fourth-order valence-electron chi connectivity index (χ4n) is 1.97. The summed E-state index contributed by atoms with van der Waals surface area (Å²) < 4.78 is 27.2. The highest BCUT2D eigenvalue weighted by atomic mass is 35.5. The smallest absolute Gasteiger partial charge is 0.237 e. The van der Waals surface area contributed by atoms with Crippen LogP contribution in [0.1, 0.15) is 6.92 Å². The first-order chi connectivity index (χ1) is 11.4. The second kappa shape index (κ2) is 6.74. The number of amides is 1. The number of H-pyrrole nitrogens is 1. The molecule has 1 atom stereocenters. The molecule has 0 saturated heterocycles. The van der Waals surface area contributed by atoms with Gasteiger partial charge in [0.25, 0.3) is 0 Å². The van der Waals surface area contributed by atoms with Crippen LogP contribution in [0.15, 0.2) is 35.6 Å². The number of fused-ring (bicyclic) bond motifs is 1. The molecule has 9 heteroatoms. The van der Waals surface area contributed by atoms with Gasteiger partial charge < -0.3 is 10.3 Å². The van der Waals surface area contributed by atoms with Crippen molar-refractivity contribution in [3.63, 3.8) is 0 Å². The molecule has 1 amide bonds. The van der Waals surface area contributed by atoms with E-state index in [4.69, 9.17) is 11.6 Å². The predicted octanol–water partition coefficient (Wildman–Crippen LogP) is 4.01. The molecular weight excluding hydrogens is 358 g/mol. The van der Waals surface area contributed by atoms with Gasteiger partial charge in [0.05, 0.1) is 15.8 Å². The van der Waals surface area contributed by atoms with Gasteiger partial charge in [0.2, 0.25) is 5.91 Å². The van der Waals surface area contributed by atoms with Crippen LogP contribution in [0.4, 0.5) is 14.5 Å². The molecule has 2 N–H and O–H groups in total. The van der Waals surface area contributed by atoms with Crippen molar-refractivity contribution in [1.29, 1.82) is 0 Å². The molecule has 0 aliphatic rings. The van der Waals surface area contributed by atoms with Gasteiger partial charge in [-0.25, -0.2) is 18.7 Å². The SMILES string of the molecule is C[C@H](Sc1nc2ncc(Cl)cc2[nH]1)C(=O)Nc1c(F)cccc1F. The molecule has 2 aromatic heterocycles. The van der Waals surface area contributed by atoms with Gasteiger partial charge in [0.15, 0.2) is 10.8 Å². The number of hydrogen-bond acceptors (Lipinski definition) is 4. The molecule has 0 saturated carbocycles. The number of hydrogen-bond donors (Lipinski definition) is 2. The highest BCUT2D eigenvalue weighted by molar-refractivity contribution is 8.00. The molecule has 2 heterocycles. The Labute approximate surface area is 144 Å². The second-order valence-corrected chi connectivity index (χ2v) is 6.68. The first-order valence-electron chi connectivity index (χ1n) is 6.87. The summed E-state index contributed by atoms with van der Waals surface area (Å²) >= 11 is 6.96. The van der Waals surface area contributed by atoms with Crippen molar-refractivity contribution in [3.8, 4) is 0 Å². The molecule has 5 nitrogen and oxygen atoms in total. The summed E-state index contributed by atoms with van der Waals surface area (Å²) in [5, 5.41) is 2.53. The minimum Gasteiger partial charge on any atom is -0.331 e. The van der Waals surface area contributed by atoms with E-state index in [1.807, 2.05) is 0 Å². The molecule has 0 unspecified atom stereocenters. The van der Waals surface area contributed by atoms with Gasteiger partial charge in [-0.1, -0.05) is 29.4 Å². The zero-order valence-corrected chi connectivity index (χ0v) is 13.9. The fourth-order valence-corrected chi connectivity index (χ4v) is 2.94. The van der Waals surface area contributed by atoms with Crippen LogP contribution in [0.25, 0.3) is 11.2 Å². The van der Waals surface area contributed by atoms with Crippen molar-refractivity contribution in [1.82, 2.24) is 15.0 Å². The van der Waals surface area contributed by atoms with Crippen LogP contribution in [0.3, 0.4) is 0 Å². The van der Waals surface area contributed by atoms with Crippen LogP contribution >= 0.6 is 23.4 Å². The van der Waals surface area contributed by atoms with Crippen LogP contribution in [0.2, 0.25) is 5.02 Å². The average Bonchev–Trinajstić information content (AvgIpc) is 2.92. The van der Waals surface area contributed by atoms with Crippen LogP contribution in [-0.4, -0.2) is 26.1 Å². The van der Waals surface area contributed by atoms with Crippen LogP contribution in [0.5, 0.6) is 0 Å². The van der Waals surface area contributed by atoms with E-state index in [0.29, 0.717) is 21.3 Å². The molecule has 124 valence electrons. The molecule has 0 spiro atoms. The summed E-state index contributed by atoms with van der Waals surface area (Å²) in [6, 6.07) is 5.04. The Balaban J connectivity index is 1.73. The zero-order chi connectivity index (χ0) is 17.3. The zero-order valence-electron chi connectivity index (χ0n) is 12.3. The lowest BCUT2D eigenvalue weighted by atomic mass is 10.3. The quantitative estimate of drug-likeness (QED) is 0.683. The van der Waals surface area contributed by atoms with Gasteiger partial charge in [0, 0.05) is 6.20 Å². The lowest BCUT2D eigenvalue weighted by Gasteiger charge is -2.11. The van der Waals surface area contributed by atoms with Crippen molar-refractivity contribution in [2.24, 2.45) is 0 Å². The van der Waals surface area contributed by atoms with Gasteiger partial charge in [-0.05, 0) is 25.1 Å². The Morgan fingerprint density at radius 3 is 2.79 bits per heavy atom. The van der Waals surface area contributed by atoms with Gasteiger partial charge in [-0.2, -0.15) is 0 Å². The van der Waals surface area contributed by atoms with Gasteiger partial charge in [-0.3, -0.25) is 4.79 Å². The van der Waals surface area contributed by atoms with Gasteiger partial charge in [-0.15, -0.1) is 0 Å². The summed E-state index contributed by atoms with van der Waals surface area (Å²) in [6.45, 7) is 1.60. The molecule has 0 fully saturated rings. The summed E-state index contributed by atoms with van der Waals surface area (Å²) in [5.41, 5.74) is 0.639. The maximum atomic E-state index is 13.6. The fraction of sp³-hybridized carbons (Fsp3) is 0.133. The molecule has 0 aliphatic carbocycles. The van der Waals surface area contributed by atoms with Crippen molar-refractivity contribution < 1.29 is 13.6 Å². The number of nitrogens with one attached hydrogen (secondary N) is 2. The van der Waals surface area contributed by atoms with Crippen molar-refractivity contribution in [2.75, 3.05) is 5.32 Å². The molecular formula is C15H11ClF2N4OS. The molecule has 24 heavy (non-hydrogen) atoms. The first-order valence-corrected chi connectivity index (χ1v) is 8.12. The highest BCUT2D eigenvalue weighted by Gasteiger charge is 2.20. The van der Waals surface area contributed by atoms with E-state index in [0.717, 1.165) is 23.9 Å². The summed E-state index contributed by atoms with van der Waals surface area (Å²) in [7, 11) is 0. The Morgan fingerprint density at radius 2 is 2.08 bits per heavy atom. The third-order valence-electron chi connectivity index (χ3n) is 3.15. The number of nitrogens with zero attached hydrogens (tertiary/aromatic N) is 2. The van der Waals surface area contributed by atoms with Crippen LogP contribution in [0, 0.1) is 11.6 Å². The summed E-state index contributed by atoms with van der Waals surface area (Å²) in [6.07, 6.45) is 1.47.